The Balaban J connectivity index is 2.81. The summed E-state index contributed by atoms with van der Waals surface area (Å²) in [5, 5.41) is 12.0. The molecule has 2 N–H and O–H groups in total. The van der Waals surface area contributed by atoms with E-state index in [9.17, 15) is 4.79 Å². The average molecular weight is 302 g/mol. The second kappa shape index (κ2) is 5.51. The van der Waals surface area contributed by atoms with Crippen molar-refractivity contribution in [2.24, 2.45) is 0 Å². The molecule has 0 aromatic heterocycles. The van der Waals surface area contributed by atoms with Gasteiger partial charge in [0.1, 0.15) is 11.3 Å². The molecule has 0 aliphatic carbocycles. The van der Waals surface area contributed by atoms with Crippen molar-refractivity contribution in [2.75, 3.05) is 7.11 Å². The number of nitrogens with one attached hydrogen (secondary N) is 1. The molecule has 1 aromatic carbocycles. The summed E-state index contributed by atoms with van der Waals surface area (Å²) in [6.45, 7) is 3.68. The van der Waals surface area contributed by atoms with Crippen LogP contribution in [-0.4, -0.2) is 23.7 Å². The van der Waals surface area contributed by atoms with Crippen LogP contribution in [0.3, 0.4) is 0 Å². The quantitative estimate of drug-likeness (QED) is 0.877. The van der Waals surface area contributed by atoms with Crippen LogP contribution in [0.4, 0.5) is 0 Å². The Bertz CT molecular complexity index is 418. The van der Waals surface area contributed by atoms with Gasteiger partial charge in [0, 0.05) is 16.6 Å². The maximum atomic E-state index is 11.0. The first-order valence-corrected chi connectivity index (χ1v) is 5.97. The molecule has 94 valence electrons. The monoisotopic (exact) mass is 301 g/mol. The predicted molar refractivity (Wildman–Crippen MR) is 69.2 cm³/mol. The third kappa shape index (κ3) is 3.71. The number of hydrogen-bond acceptors (Lipinski definition) is 3. The fraction of sp³-hybridized carbons (Fsp3) is 0.417. The Kier molecular flexibility index (Phi) is 4.54. The van der Waals surface area contributed by atoms with Crippen LogP contribution in [0.25, 0.3) is 0 Å². The number of rotatable bonds is 5. The number of benzene rings is 1. The summed E-state index contributed by atoms with van der Waals surface area (Å²) < 4.78 is 6.15. The van der Waals surface area contributed by atoms with E-state index in [0.29, 0.717) is 6.54 Å². The lowest BCUT2D eigenvalue weighted by atomic mass is 10.1. The lowest BCUT2D eigenvalue weighted by molar-refractivity contribution is -0.143. The van der Waals surface area contributed by atoms with Crippen molar-refractivity contribution in [1.29, 1.82) is 0 Å². The Morgan fingerprint density at radius 1 is 1.53 bits per heavy atom. The zero-order chi connectivity index (χ0) is 13.1. The van der Waals surface area contributed by atoms with E-state index in [2.05, 4.69) is 21.2 Å². The second-order valence-electron chi connectivity index (χ2n) is 4.24. The molecule has 0 bridgehead atoms. The fourth-order valence-electron chi connectivity index (χ4n) is 1.28. The Morgan fingerprint density at radius 3 is 2.71 bits per heavy atom. The van der Waals surface area contributed by atoms with Crippen LogP contribution in [-0.2, 0) is 11.3 Å². The number of halogens is 1. The molecule has 0 aliphatic heterocycles. The summed E-state index contributed by atoms with van der Waals surface area (Å²) >= 11 is 3.38. The van der Waals surface area contributed by atoms with Gasteiger partial charge in [-0.25, -0.2) is 0 Å². The van der Waals surface area contributed by atoms with Crippen molar-refractivity contribution in [3.8, 4) is 5.75 Å². The average Bonchev–Trinajstić information content (AvgIpc) is 2.26. The van der Waals surface area contributed by atoms with Crippen LogP contribution in [0.1, 0.15) is 19.4 Å². The highest BCUT2D eigenvalue weighted by Crippen LogP contribution is 2.23. The van der Waals surface area contributed by atoms with Crippen LogP contribution < -0.4 is 10.1 Å². The molecule has 0 saturated heterocycles. The topological polar surface area (TPSA) is 58.6 Å². The highest BCUT2D eigenvalue weighted by atomic mass is 79.9. The number of ether oxygens (including phenoxy) is 1. The maximum absolute atomic E-state index is 11.0. The number of methoxy groups -OCH3 is 1. The lowest BCUT2D eigenvalue weighted by Crippen LogP contribution is -2.46. The van der Waals surface area contributed by atoms with Crippen LogP contribution in [0.15, 0.2) is 22.7 Å². The van der Waals surface area contributed by atoms with Gasteiger partial charge in [-0.05, 0) is 32.0 Å². The van der Waals surface area contributed by atoms with Crippen molar-refractivity contribution in [3.63, 3.8) is 0 Å². The SMILES string of the molecule is COc1ccc(Br)cc1CNC(C)(C)C(=O)O. The summed E-state index contributed by atoms with van der Waals surface area (Å²) in [7, 11) is 1.59. The summed E-state index contributed by atoms with van der Waals surface area (Å²) in [4.78, 5) is 11.0. The number of carboxylic acids is 1. The fourth-order valence-corrected chi connectivity index (χ4v) is 1.69. The normalized spacial score (nSPS) is 11.3. The summed E-state index contributed by atoms with van der Waals surface area (Å²) in [5.74, 6) is -0.145. The number of aliphatic carboxylic acids is 1. The van der Waals surface area contributed by atoms with E-state index < -0.39 is 11.5 Å². The molecular weight excluding hydrogens is 286 g/mol. The van der Waals surface area contributed by atoms with Crippen LogP contribution in [0.5, 0.6) is 5.75 Å². The molecular formula is C12H16BrNO3. The first kappa shape index (κ1) is 14.0. The van der Waals surface area contributed by atoms with E-state index in [1.807, 2.05) is 18.2 Å². The largest absolute Gasteiger partial charge is 0.496 e. The van der Waals surface area contributed by atoms with Gasteiger partial charge in [-0.2, -0.15) is 0 Å². The van der Waals surface area contributed by atoms with Crippen LogP contribution in [0.2, 0.25) is 0 Å². The molecule has 0 aliphatic rings. The first-order chi connectivity index (χ1) is 7.86. The predicted octanol–water partition coefficient (Wildman–Crippen LogP) is 2.41. The van der Waals surface area contributed by atoms with Gasteiger partial charge >= 0.3 is 5.97 Å². The molecule has 0 fully saturated rings. The van der Waals surface area contributed by atoms with Crippen molar-refractivity contribution < 1.29 is 14.6 Å². The van der Waals surface area contributed by atoms with Gasteiger partial charge in [-0.3, -0.25) is 10.1 Å². The summed E-state index contributed by atoms with van der Waals surface area (Å²) in [5.41, 5.74) is -0.0518. The lowest BCUT2D eigenvalue weighted by Gasteiger charge is -2.21. The minimum Gasteiger partial charge on any atom is -0.496 e. The molecule has 17 heavy (non-hydrogen) atoms. The molecule has 0 heterocycles. The van der Waals surface area contributed by atoms with Crippen LogP contribution in [0, 0.1) is 0 Å². The molecule has 0 saturated carbocycles. The molecule has 0 spiro atoms. The van der Waals surface area contributed by atoms with Crippen molar-refractivity contribution in [1.82, 2.24) is 5.32 Å². The van der Waals surface area contributed by atoms with Gasteiger partial charge < -0.3 is 9.84 Å². The van der Waals surface area contributed by atoms with E-state index in [-0.39, 0.29) is 0 Å². The van der Waals surface area contributed by atoms with Gasteiger partial charge in [0.15, 0.2) is 0 Å². The molecule has 5 heteroatoms. The first-order valence-electron chi connectivity index (χ1n) is 5.17. The molecule has 4 nitrogen and oxygen atoms in total. The van der Waals surface area contributed by atoms with Crippen molar-refractivity contribution in [3.05, 3.63) is 28.2 Å². The number of hydrogen-bond donors (Lipinski definition) is 2. The standard InChI is InChI=1S/C12H16BrNO3/c1-12(2,11(15)16)14-7-8-6-9(13)4-5-10(8)17-3/h4-6,14H,7H2,1-3H3,(H,15,16). The Morgan fingerprint density at radius 2 is 2.18 bits per heavy atom. The molecule has 1 aromatic rings. The van der Waals surface area contributed by atoms with Crippen molar-refractivity contribution in [2.45, 2.75) is 25.9 Å². The maximum Gasteiger partial charge on any atom is 0.323 e. The zero-order valence-corrected chi connectivity index (χ0v) is 11.7. The third-order valence-electron chi connectivity index (χ3n) is 2.50. The van der Waals surface area contributed by atoms with E-state index in [1.54, 1.807) is 21.0 Å². The Labute approximate surface area is 109 Å². The zero-order valence-electron chi connectivity index (χ0n) is 10.1. The molecule has 0 unspecified atom stereocenters. The van der Waals surface area contributed by atoms with Gasteiger partial charge in [0.2, 0.25) is 0 Å². The summed E-state index contributed by atoms with van der Waals surface area (Å²) in [6, 6.07) is 5.63. The minimum absolute atomic E-state index is 0.432. The van der Waals surface area contributed by atoms with Gasteiger partial charge in [-0.1, -0.05) is 15.9 Å². The molecule has 1 rings (SSSR count). The second-order valence-corrected chi connectivity index (χ2v) is 5.16. The highest BCUT2D eigenvalue weighted by Gasteiger charge is 2.26. The van der Waals surface area contributed by atoms with E-state index in [4.69, 9.17) is 9.84 Å². The van der Waals surface area contributed by atoms with Gasteiger partial charge in [0.25, 0.3) is 0 Å². The van der Waals surface area contributed by atoms with Crippen molar-refractivity contribution >= 4 is 21.9 Å². The molecule has 0 amide bonds. The highest BCUT2D eigenvalue weighted by molar-refractivity contribution is 9.10. The van der Waals surface area contributed by atoms with Crippen LogP contribution >= 0.6 is 15.9 Å². The van der Waals surface area contributed by atoms with E-state index in [1.165, 1.54) is 0 Å². The Hall–Kier alpha value is -1.07. The van der Waals surface area contributed by atoms with E-state index >= 15 is 0 Å². The van der Waals surface area contributed by atoms with Gasteiger partial charge in [-0.15, -0.1) is 0 Å². The third-order valence-corrected chi connectivity index (χ3v) is 2.99. The van der Waals surface area contributed by atoms with Gasteiger partial charge in [0.05, 0.1) is 7.11 Å². The van der Waals surface area contributed by atoms with E-state index in [0.717, 1.165) is 15.8 Å². The number of carbonyl (C=O) groups is 1. The minimum atomic E-state index is -0.965. The molecule has 0 atom stereocenters. The number of carboxylic acid groups (broad SMARTS) is 1. The molecule has 0 radical (unpaired) electrons. The smallest absolute Gasteiger partial charge is 0.323 e. The summed E-state index contributed by atoms with van der Waals surface area (Å²) in [6.07, 6.45) is 0.